The quantitative estimate of drug-likeness (QED) is 0.555. The second-order valence-electron chi connectivity index (χ2n) is 7.70. The highest BCUT2D eigenvalue weighted by atomic mass is 15.3. The molecule has 10 nitrogen and oxygen atoms in total. The molecule has 5 rings (SSSR count). The van der Waals surface area contributed by atoms with E-state index in [4.69, 9.17) is 10.7 Å². The molecular formula is C20H18N10. The normalized spacial score (nSPS) is 20.6. The molecule has 0 spiro atoms. The second-order valence-corrected chi connectivity index (χ2v) is 7.70. The van der Waals surface area contributed by atoms with Gasteiger partial charge < -0.3 is 5.73 Å². The molecule has 30 heavy (non-hydrogen) atoms. The summed E-state index contributed by atoms with van der Waals surface area (Å²) in [6, 6.07) is 6.37. The fraction of sp³-hybridized carbons (Fsp3) is 0.300. The summed E-state index contributed by atoms with van der Waals surface area (Å²) in [5.74, 6) is 0.257. The Labute approximate surface area is 171 Å². The van der Waals surface area contributed by atoms with Gasteiger partial charge in [-0.25, -0.2) is 9.50 Å². The van der Waals surface area contributed by atoms with Gasteiger partial charge in [-0.1, -0.05) is 0 Å². The van der Waals surface area contributed by atoms with Gasteiger partial charge in [-0.2, -0.15) is 25.8 Å². The van der Waals surface area contributed by atoms with Gasteiger partial charge in [0.1, 0.15) is 5.69 Å². The first-order valence-electron chi connectivity index (χ1n) is 9.49. The van der Waals surface area contributed by atoms with E-state index in [0.717, 1.165) is 11.1 Å². The van der Waals surface area contributed by atoms with Gasteiger partial charge in [0.25, 0.3) is 0 Å². The lowest BCUT2D eigenvalue weighted by Crippen LogP contribution is -2.46. The average Bonchev–Trinajstić information content (AvgIpc) is 3.43. The van der Waals surface area contributed by atoms with Crippen molar-refractivity contribution in [2.75, 3.05) is 5.73 Å². The first kappa shape index (κ1) is 17.9. The van der Waals surface area contributed by atoms with Crippen LogP contribution in [-0.2, 0) is 12.6 Å². The van der Waals surface area contributed by atoms with Crippen LogP contribution in [0.25, 0.3) is 28.0 Å². The minimum Gasteiger partial charge on any atom is -0.382 e. The van der Waals surface area contributed by atoms with E-state index in [-0.39, 0.29) is 12.3 Å². The van der Waals surface area contributed by atoms with Gasteiger partial charge in [-0.15, -0.1) is 0 Å². The summed E-state index contributed by atoms with van der Waals surface area (Å²) in [7, 11) is 1.85. The van der Waals surface area contributed by atoms with E-state index in [0.29, 0.717) is 35.6 Å². The summed E-state index contributed by atoms with van der Waals surface area (Å²) in [6.07, 6.45) is 10.5. The van der Waals surface area contributed by atoms with Crippen LogP contribution >= 0.6 is 0 Å². The van der Waals surface area contributed by atoms with Crippen molar-refractivity contribution in [1.29, 1.82) is 10.5 Å². The highest BCUT2D eigenvalue weighted by Gasteiger charge is 2.47. The van der Waals surface area contributed by atoms with E-state index in [1.165, 1.54) is 0 Å². The molecule has 1 aliphatic carbocycles. The van der Waals surface area contributed by atoms with Crippen molar-refractivity contribution >= 4 is 11.3 Å². The van der Waals surface area contributed by atoms with Gasteiger partial charge in [0, 0.05) is 25.0 Å². The third-order valence-corrected chi connectivity index (χ3v) is 5.72. The Kier molecular flexibility index (Phi) is 3.83. The Bertz CT molecular complexity index is 1340. The third kappa shape index (κ3) is 2.62. The number of fused-ring (bicyclic) bond motifs is 1. The number of nitrogens with two attached hydrogens (primary N) is 1. The van der Waals surface area contributed by atoms with Crippen molar-refractivity contribution in [1.82, 2.24) is 34.2 Å². The number of aryl methyl sites for hydroxylation is 1. The predicted octanol–water partition coefficient (Wildman–Crippen LogP) is 2.12. The van der Waals surface area contributed by atoms with Crippen LogP contribution in [0.15, 0.2) is 37.1 Å². The largest absolute Gasteiger partial charge is 0.382 e. The maximum Gasteiger partial charge on any atom is 0.155 e. The number of aromatic nitrogens is 7. The molecule has 4 heterocycles. The van der Waals surface area contributed by atoms with E-state index in [1.807, 2.05) is 31.7 Å². The molecule has 0 saturated heterocycles. The van der Waals surface area contributed by atoms with Gasteiger partial charge in [0.2, 0.25) is 0 Å². The molecule has 1 aliphatic rings. The molecular weight excluding hydrogens is 380 g/mol. The van der Waals surface area contributed by atoms with Crippen LogP contribution in [0, 0.1) is 28.6 Å². The van der Waals surface area contributed by atoms with Crippen LogP contribution in [0.4, 0.5) is 5.82 Å². The van der Waals surface area contributed by atoms with Gasteiger partial charge in [-0.05, 0) is 18.9 Å². The topological polar surface area (TPSA) is 139 Å². The molecule has 0 aromatic carbocycles. The molecule has 4 aromatic rings. The van der Waals surface area contributed by atoms with E-state index < -0.39 is 5.54 Å². The van der Waals surface area contributed by atoms with Gasteiger partial charge in [0.15, 0.2) is 5.82 Å². The zero-order chi connectivity index (χ0) is 20.9. The first-order chi connectivity index (χ1) is 14.5. The van der Waals surface area contributed by atoms with Crippen LogP contribution in [0.1, 0.15) is 19.3 Å². The second kappa shape index (κ2) is 6.42. The zero-order valence-electron chi connectivity index (χ0n) is 16.3. The lowest BCUT2D eigenvalue weighted by Gasteiger charge is -2.43. The van der Waals surface area contributed by atoms with E-state index in [1.54, 1.807) is 26.3 Å². The van der Waals surface area contributed by atoms with Crippen molar-refractivity contribution in [3.05, 3.63) is 37.1 Å². The summed E-state index contributed by atoms with van der Waals surface area (Å²) < 4.78 is 5.21. The number of anilines is 1. The summed E-state index contributed by atoms with van der Waals surface area (Å²) >= 11 is 0. The van der Waals surface area contributed by atoms with Crippen LogP contribution in [-0.4, -0.2) is 34.2 Å². The van der Waals surface area contributed by atoms with Crippen molar-refractivity contribution in [3.8, 4) is 34.7 Å². The fourth-order valence-corrected chi connectivity index (χ4v) is 4.14. The van der Waals surface area contributed by atoms with Crippen molar-refractivity contribution in [2.24, 2.45) is 13.0 Å². The number of nitrogen functional groups attached to an aromatic ring is 1. The molecule has 0 aliphatic heterocycles. The smallest absolute Gasteiger partial charge is 0.155 e. The maximum absolute atomic E-state index is 9.32. The average molecular weight is 398 g/mol. The molecule has 10 heteroatoms. The number of hydrogen-bond donors (Lipinski definition) is 1. The number of nitriles is 2. The number of rotatable bonds is 4. The van der Waals surface area contributed by atoms with E-state index in [9.17, 15) is 10.5 Å². The molecule has 4 aromatic heterocycles. The van der Waals surface area contributed by atoms with Crippen molar-refractivity contribution < 1.29 is 0 Å². The minimum absolute atomic E-state index is 0.0687. The predicted molar refractivity (Wildman–Crippen MR) is 107 cm³/mol. The molecule has 0 amide bonds. The molecule has 1 fully saturated rings. The monoisotopic (exact) mass is 398 g/mol. The fourth-order valence-electron chi connectivity index (χ4n) is 4.14. The summed E-state index contributed by atoms with van der Waals surface area (Å²) in [6.45, 7) is 0. The van der Waals surface area contributed by atoms with Crippen LogP contribution in [0.2, 0.25) is 0 Å². The van der Waals surface area contributed by atoms with Crippen LogP contribution < -0.4 is 5.73 Å². The van der Waals surface area contributed by atoms with Gasteiger partial charge in [0.05, 0.1) is 65.4 Å². The Balaban J connectivity index is 1.64. The van der Waals surface area contributed by atoms with Crippen LogP contribution in [0.3, 0.4) is 0 Å². The summed E-state index contributed by atoms with van der Waals surface area (Å²) in [5, 5.41) is 31.6. The Morgan fingerprint density at radius 3 is 2.77 bits per heavy atom. The molecule has 0 radical (unpaired) electrons. The number of hydrogen-bond acceptors (Lipinski definition) is 7. The molecule has 148 valence electrons. The first-order valence-corrected chi connectivity index (χ1v) is 9.49. The van der Waals surface area contributed by atoms with E-state index in [2.05, 4.69) is 27.4 Å². The molecule has 0 bridgehead atoms. The Hall–Kier alpha value is -4.18. The lowest BCUT2D eigenvalue weighted by atomic mass is 9.67. The Morgan fingerprint density at radius 2 is 2.07 bits per heavy atom. The molecule has 0 atom stereocenters. The van der Waals surface area contributed by atoms with Gasteiger partial charge >= 0.3 is 0 Å². The van der Waals surface area contributed by atoms with Crippen molar-refractivity contribution in [2.45, 2.75) is 24.8 Å². The maximum atomic E-state index is 9.32. The molecule has 1 saturated carbocycles. The highest BCUT2D eigenvalue weighted by molar-refractivity contribution is 5.83. The molecule has 2 N–H and O–H groups in total. The standard InChI is InChI=1S/C20H18N10/c1-28-10-14(9-25-28)16-12-29-17(2-5-24-29)18(26-16)15-11-30(27-19(15)23)20(3-4-21)6-13(7-20)8-22/h2,5,9-13H,3,6-7H2,1H3,(H2,23,27). The zero-order valence-corrected chi connectivity index (χ0v) is 16.3. The van der Waals surface area contributed by atoms with Crippen molar-refractivity contribution in [3.63, 3.8) is 0 Å². The van der Waals surface area contributed by atoms with E-state index >= 15 is 0 Å². The SMILES string of the molecule is Cn1cc(-c2cn3nccc3c(-c3cn(C4(CC#N)CC(C#N)C4)nc3N)n2)cn1. The highest BCUT2D eigenvalue weighted by Crippen LogP contribution is 2.47. The van der Waals surface area contributed by atoms with Crippen LogP contribution in [0.5, 0.6) is 0 Å². The summed E-state index contributed by atoms with van der Waals surface area (Å²) in [5.41, 5.74) is 9.49. The summed E-state index contributed by atoms with van der Waals surface area (Å²) in [4.78, 5) is 4.84. The molecule has 0 unspecified atom stereocenters. The number of nitrogens with zero attached hydrogens (tertiary/aromatic N) is 9. The third-order valence-electron chi connectivity index (χ3n) is 5.72. The lowest BCUT2D eigenvalue weighted by molar-refractivity contribution is 0.0885. The van der Waals surface area contributed by atoms with Gasteiger partial charge in [-0.3, -0.25) is 9.36 Å². The minimum atomic E-state index is -0.501. The Morgan fingerprint density at radius 1 is 1.23 bits per heavy atom.